The first-order valence-corrected chi connectivity index (χ1v) is 23.8. The minimum atomic E-state index is -1.51. The largest absolute Gasteiger partial charge is 0.456 e. The molecule has 0 aliphatic carbocycles. The van der Waals surface area contributed by atoms with Gasteiger partial charge in [-0.15, -0.1) is 0 Å². The Labute approximate surface area is 386 Å². The van der Waals surface area contributed by atoms with Crippen molar-refractivity contribution in [2.24, 2.45) is 0 Å². The highest BCUT2D eigenvalue weighted by Crippen LogP contribution is 2.42. The average Bonchev–Trinajstić information content (AvgIpc) is 4.23. The Morgan fingerprint density at radius 3 is 0.912 bits per heavy atom. The van der Waals surface area contributed by atoms with Crippen LogP contribution in [0.5, 0.6) is 0 Å². The molecule has 0 fully saturated rings. The van der Waals surface area contributed by atoms with Gasteiger partial charge >= 0.3 is 0 Å². The summed E-state index contributed by atoms with van der Waals surface area (Å²) < 4.78 is 45.0. The topological polar surface area (TPSA) is 79.5 Å². The molecule has 6 heterocycles. The quantitative estimate of drug-likeness (QED) is 0.176. The minimum Gasteiger partial charge on any atom is -0.456 e. The Bertz CT molecular complexity index is 4480. The van der Waals surface area contributed by atoms with E-state index in [1.807, 2.05) is 48.5 Å². The lowest BCUT2D eigenvalue weighted by atomic mass is 10.1. The molecular weight excluding hydrogens is 861 g/mol. The third-order valence-corrected chi connectivity index (χ3v) is 15.5. The van der Waals surface area contributed by atoms with Crippen molar-refractivity contribution >= 4 is 142 Å². The van der Waals surface area contributed by atoms with E-state index in [1.165, 1.54) is 21.5 Å². The monoisotopic (exact) mass is 892 g/mol. The Balaban J connectivity index is 0.799. The van der Waals surface area contributed by atoms with Crippen LogP contribution in [0.3, 0.4) is 0 Å². The molecular formula is C60H32N2O5S. The van der Waals surface area contributed by atoms with Crippen LogP contribution in [-0.4, -0.2) is 13.3 Å². The summed E-state index contributed by atoms with van der Waals surface area (Å²) in [6.07, 6.45) is 0. The molecule has 0 amide bonds. The van der Waals surface area contributed by atoms with Gasteiger partial charge < -0.3 is 26.8 Å². The lowest BCUT2D eigenvalue weighted by Crippen LogP contribution is -1.93. The van der Waals surface area contributed by atoms with Crippen LogP contribution >= 0.6 is 0 Å². The zero-order valence-electron chi connectivity index (χ0n) is 35.8. The first kappa shape index (κ1) is 36.4. The maximum absolute atomic E-state index is 14.6. The highest BCUT2D eigenvalue weighted by Gasteiger charge is 2.21. The number of rotatable bonds is 4. The Morgan fingerprint density at radius 1 is 0.265 bits per heavy atom. The molecule has 0 N–H and O–H groups in total. The summed E-state index contributed by atoms with van der Waals surface area (Å²) >= 11 is 0. The molecule has 16 aromatic rings. The number of benzene rings is 10. The minimum absolute atomic E-state index is 0.680. The first-order chi connectivity index (χ1) is 33.6. The summed E-state index contributed by atoms with van der Waals surface area (Å²) in [6.45, 7) is 0. The average molecular weight is 893 g/mol. The third-order valence-electron chi connectivity index (χ3n) is 14.1. The van der Waals surface area contributed by atoms with Gasteiger partial charge in [0.1, 0.15) is 44.7 Å². The fourth-order valence-electron chi connectivity index (χ4n) is 11.1. The molecule has 0 atom stereocenters. The van der Waals surface area contributed by atoms with Gasteiger partial charge in [-0.05, 0) is 109 Å². The zero-order chi connectivity index (χ0) is 44.4. The van der Waals surface area contributed by atoms with Crippen LogP contribution in [0, 0.1) is 0 Å². The molecule has 0 saturated carbocycles. The molecule has 7 nitrogen and oxygen atoms in total. The number of hydrogen-bond donors (Lipinski definition) is 0. The van der Waals surface area contributed by atoms with Crippen LogP contribution < -0.4 is 0 Å². The fourth-order valence-corrected chi connectivity index (χ4v) is 12.2. The number of hydrogen-bond acceptors (Lipinski definition) is 5. The standard InChI is InChI=1S/C60H32N2O5S/c63-68(35-19-23-55-43(27-35)47-29-45-41-25-33(17-21-53(41)64-57(45)31-59(47)66-55)61-49-13-5-1-9-37(49)38-10-2-6-14-50(38)61)36-20-24-56-44(28-36)48-30-46-42-26-34(18-22-54(42)65-58(46)32-60(48)67-56)62-51-15-7-3-11-39(51)40-12-4-8-16-52(40)62/h1-32H. The molecule has 0 spiro atoms. The molecule has 68 heavy (non-hydrogen) atoms. The van der Waals surface area contributed by atoms with Crippen molar-refractivity contribution < 1.29 is 21.9 Å². The molecule has 6 aromatic heterocycles. The predicted molar refractivity (Wildman–Crippen MR) is 275 cm³/mol. The van der Waals surface area contributed by atoms with E-state index in [9.17, 15) is 4.21 Å². The van der Waals surface area contributed by atoms with E-state index in [0.717, 1.165) is 110 Å². The Hall–Kier alpha value is -8.85. The highest BCUT2D eigenvalue weighted by atomic mass is 32.2. The van der Waals surface area contributed by atoms with Crippen LogP contribution in [0.15, 0.2) is 222 Å². The normalized spacial score (nSPS) is 12.6. The zero-order valence-corrected chi connectivity index (χ0v) is 36.6. The Morgan fingerprint density at radius 2 is 0.559 bits per heavy atom. The summed E-state index contributed by atoms with van der Waals surface area (Å²) in [6, 6.07) is 66.8. The molecule has 318 valence electrons. The Kier molecular flexibility index (Phi) is 7.04. The van der Waals surface area contributed by atoms with Gasteiger partial charge in [0.25, 0.3) is 0 Å². The van der Waals surface area contributed by atoms with Crippen LogP contribution in [-0.2, 0) is 10.8 Å². The van der Waals surface area contributed by atoms with Crippen molar-refractivity contribution in [3.05, 3.63) is 194 Å². The summed E-state index contributed by atoms with van der Waals surface area (Å²) in [5.41, 5.74) is 12.7. The van der Waals surface area contributed by atoms with E-state index in [0.29, 0.717) is 21.0 Å². The van der Waals surface area contributed by atoms with Crippen molar-refractivity contribution in [3.63, 3.8) is 0 Å². The first-order valence-electron chi connectivity index (χ1n) is 22.6. The van der Waals surface area contributed by atoms with Gasteiger partial charge in [-0.2, -0.15) is 0 Å². The van der Waals surface area contributed by atoms with Crippen LogP contribution in [0.1, 0.15) is 0 Å². The summed E-state index contributed by atoms with van der Waals surface area (Å²) in [5.74, 6) is 0. The highest BCUT2D eigenvalue weighted by molar-refractivity contribution is 7.85. The van der Waals surface area contributed by atoms with Crippen LogP contribution in [0.25, 0.3) is 143 Å². The van der Waals surface area contributed by atoms with Gasteiger partial charge in [-0.1, -0.05) is 72.8 Å². The van der Waals surface area contributed by atoms with Crippen molar-refractivity contribution in [1.29, 1.82) is 0 Å². The number of fused-ring (bicyclic) bond motifs is 18. The molecule has 0 bridgehead atoms. The van der Waals surface area contributed by atoms with Gasteiger partial charge in [0.05, 0.1) is 32.9 Å². The molecule has 10 aromatic carbocycles. The van der Waals surface area contributed by atoms with Gasteiger partial charge in [-0.3, -0.25) is 0 Å². The van der Waals surface area contributed by atoms with E-state index < -0.39 is 10.8 Å². The van der Waals surface area contributed by atoms with Crippen molar-refractivity contribution in [3.8, 4) is 11.4 Å². The lowest BCUT2D eigenvalue weighted by Gasteiger charge is -2.08. The van der Waals surface area contributed by atoms with Gasteiger partial charge in [0, 0.05) is 97.9 Å². The second-order valence-electron chi connectivity index (χ2n) is 17.8. The van der Waals surface area contributed by atoms with Crippen LogP contribution in [0.4, 0.5) is 0 Å². The molecule has 0 radical (unpaired) electrons. The van der Waals surface area contributed by atoms with Crippen LogP contribution in [0.2, 0.25) is 0 Å². The lowest BCUT2D eigenvalue weighted by molar-refractivity contribution is 0.655. The molecule has 0 unspecified atom stereocenters. The van der Waals surface area contributed by atoms with Gasteiger partial charge in [0.15, 0.2) is 0 Å². The smallest absolute Gasteiger partial charge is 0.139 e. The maximum Gasteiger partial charge on any atom is 0.139 e. The maximum atomic E-state index is 14.6. The summed E-state index contributed by atoms with van der Waals surface area (Å²) in [4.78, 5) is 1.36. The fraction of sp³-hybridized carbons (Fsp3) is 0. The van der Waals surface area contributed by atoms with Crippen molar-refractivity contribution in [1.82, 2.24) is 9.13 Å². The number of furan rings is 4. The van der Waals surface area contributed by atoms with E-state index in [-0.39, 0.29) is 0 Å². The van der Waals surface area contributed by atoms with Gasteiger partial charge in [0.2, 0.25) is 0 Å². The summed E-state index contributed by atoms with van der Waals surface area (Å²) in [7, 11) is -1.51. The van der Waals surface area contributed by atoms with E-state index in [4.69, 9.17) is 17.7 Å². The number of nitrogens with zero attached hydrogens (tertiary/aromatic N) is 2. The van der Waals surface area contributed by atoms with E-state index in [2.05, 4.69) is 155 Å². The SMILES string of the molecule is O=S(c1ccc2oc3cc4oc5ccc(-n6c7ccccc7c7ccccc76)cc5c4cc3c2c1)c1ccc2oc3cc4oc5ccc(-n6c7ccccc7c7ccccc76)cc5c4cc3c2c1. The second-order valence-corrected chi connectivity index (χ2v) is 19.3. The summed E-state index contributed by atoms with van der Waals surface area (Å²) in [5, 5.41) is 12.5. The molecule has 8 heteroatoms. The molecule has 0 aliphatic heterocycles. The number of para-hydroxylation sites is 4. The number of aromatic nitrogens is 2. The molecule has 16 rings (SSSR count). The predicted octanol–water partition coefficient (Wildman–Crippen LogP) is 16.6. The van der Waals surface area contributed by atoms with Crippen molar-refractivity contribution in [2.75, 3.05) is 0 Å². The molecule has 0 aliphatic rings. The van der Waals surface area contributed by atoms with E-state index in [1.54, 1.807) is 0 Å². The van der Waals surface area contributed by atoms with Gasteiger partial charge in [-0.25, -0.2) is 4.21 Å². The van der Waals surface area contributed by atoms with E-state index >= 15 is 0 Å². The van der Waals surface area contributed by atoms with Crippen molar-refractivity contribution in [2.45, 2.75) is 9.79 Å². The molecule has 0 saturated heterocycles. The third kappa shape index (κ3) is 4.93. The second kappa shape index (κ2) is 13.2.